The first-order chi connectivity index (χ1) is 8.36. The van der Waals surface area contributed by atoms with Crippen LogP contribution in [0.3, 0.4) is 0 Å². The summed E-state index contributed by atoms with van der Waals surface area (Å²) in [5, 5.41) is 0. The molecule has 3 atom stereocenters. The molecule has 0 amide bonds. The highest BCUT2D eigenvalue weighted by atomic mass is 14.7. The quantitative estimate of drug-likeness (QED) is 0.737. The maximum atomic E-state index is 6.32. The third-order valence-corrected chi connectivity index (χ3v) is 5.91. The zero-order valence-electron chi connectivity index (χ0n) is 12.2. The maximum absolute atomic E-state index is 6.32. The standard InChI is InChI=1S/C17H29N/c1-4-5-14(18)9-17-8-13-6-15(2,11-17)10-16(3,7-13)12-17/h4,13-14H,1,5-12,18H2,2-3H3. The fourth-order valence-corrected chi connectivity index (χ4v) is 6.77. The predicted octanol–water partition coefficient (Wildman–Crippen LogP) is 4.28. The molecule has 102 valence electrons. The van der Waals surface area contributed by atoms with Crippen LogP contribution in [0, 0.1) is 22.2 Å². The van der Waals surface area contributed by atoms with Crippen LogP contribution in [0.15, 0.2) is 12.7 Å². The van der Waals surface area contributed by atoms with Gasteiger partial charge in [0, 0.05) is 6.04 Å². The minimum Gasteiger partial charge on any atom is -0.327 e. The summed E-state index contributed by atoms with van der Waals surface area (Å²) in [4.78, 5) is 0. The van der Waals surface area contributed by atoms with Gasteiger partial charge in [-0.3, -0.25) is 0 Å². The Kier molecular flexibility index (Phi) is 2.72. The van der Waals surface area contributed by atoms with Gasteiger partial charge in [0.15, 0.2) is 0 Å². The van der Waals surface area contributed by atoms with Crippen LogP contribution in [0.2, 0.25) is 0 Å². The molecular formula is C17H29N. The number of hydrogen-bond acceptors (Lipinski definition) is 1. The van der Waals surface area contributed by atoms with E-state index in [9.17, 15) is 0 Å². The van der Waals surface area contributed by atoms with E-state index in [1.807, 2.05) is 6.08 Å². The van der Waals surface area contributed by atoms with E-state index in [0.717, 1.165) is 12.3 Å². The SMILES string of the molecule is C=CCC(N)CC12CC3CC(C)(CC(C)(C3)C1)C2. The van der Waals surface area contributed by atoms with Crippen molar-refractivity contribution < 1.29 is 0 Å². The fraction of sp³-hybridized carbons (Fsp3) is 0.882. The molecule has 2 N–H and O–H groups in total. The molecule has 18 heavy (non-hydrogen) atoms. The predicted molar refractivity (Wildman–Crippen MR) is 77.2 cm³/mol. The molecule has 4 aliphatic rings. The van der Waals surface area contributed by atoms with Gasteiger partial charge in [-0.05, 0) is 73.5 Å². The van der Waals surface area contributed by atoms with E-state index in [2.05, 4.69) is 20.4 Å². The molecule has 4 bridgehead atoms. The lowest BCUT2D eigenvalue weighted by atomic mass is 9.39. The van der Waals surface area contributed by atoms with Crippen LogP contribution >= 0.6 is 0 Å². The van der Waals surface area contributed by atoms with Crippen molar-refractivity contribution in [3.8, 4) is 0 Å². The van der Waals surface area contributed by atoms with Crippen molar-refractivity contribution in [3.63, 3.8) is 0 Å². The highest BCUT2D eigenvalue weighted by Crippen LogP contribution is 2.70. The van der Waals surface area contributed by atoms with Crippen molar-refractivity contribution in [2.75, 3.05) is 0 Å². The van der Waals surface area contributed by atoms with E-state index < -0.39 is 0 Å². The molecule has 0 aromatic carbocycles. The molecule has 1 nitrogen and oxygen atoms in total. The average Bonchev–Trinajstić information content (AvgIpc) is 2.09. The van der Waals surface area contributed by atoms with Gasteiger partial charge in [-0.2, -0.15) is 0 Å². The van der Waals surface area contributed by atoms with Crippen LogP contribution in [0.4, 0.5) is 0 Å². The minimum absolute atomic E-state index is 0.339. The second-order valence-corrected chi connectivity index (χ2v) is 8.62. The third kappa shape index (κ3) is 2.05. The topological polar surface area (TPSA) is 26.0 Å². The molecule has 1 heteroatoms. The van der Waals surface area contributed by atoms with Gasteiger partial charge in [-0.25, -0.2) is 0 Å². The molecule has 4 fully saturated rings. The van der Waals surface area contributed by atoms with Gasteiger partial charge in [-0.1, -0.05) is 19.9 Å². The summed E-state index contributed by atoms with van der Waals surface area (Å²) in [6.45, 7) is 8.93. The first-order valence-corrected chi connectivity index (χ1v) is 7.73. The molecule has 3 unspecified atom stereocenters. The maximum Gasteiger partial charge on any atom is 0.00786 e. The van der Waals surface area contributed by atoms with Crippen LogP contribution in [-0.2, 0) is 0 Å². The Balaban J connectivity index is 1.82. The lowest BCUT2D eigenvalue weighted by Gasteiger charge is -2.66. The summed E-state index contributed by atoms with van der Waals surface area (Å²) in [5.74, 6) is 0.993. The second-order valence-electron chi connectivity index (χ2n) is 8.62. The zero-order chi connectivity index (χ0) is 13.0. The molecular weight excluding hydrogens is 218 g/mol. The molecule has 0 aromatic rings. The van der Waals surface area contributed by atoms with E-state index in [4.69, 9.17) is 5.73 Å². The molecule has 0 aromatic heterocycles. The smallest absolute Gasteiger partial charge is 0.00786 e. The largest absolute Gasteiger partial charge is 0.327 e. The van der Waals surface area contributed by atoms with Crippen molar-refractivity contribution in [1.82, 2.24) is 0 Å². The Labute approximate surface area is 112 Å². The van der Waals surface area contributed by atoms with Crippen molar-refractivity contribution in [3.05, 3.63) is 12.7 Å². The van der Waals surface area contributed by atoms with Crippen LogP contribution in [0.1, 0.15) is 65.2 Å². The van der Waals surface area contributed by atoms with Gasteiger partial charge in [0.1, 0.15) is 0 Å². The Morgan fingerprint density at radius 3 is 2.28 bits per heavy atom. The molecule has 0 radical (unpaired) electrons. The number of hydrogen-bond donors (Lipinski definition) is 1. The molecule has 0 aliphatic heterocycles. The van der Waals surface area contributed by atoms with Gasteiger partial charge in [0.25, 0.3) is 0 Å². The van der Waals surface area contributed by atoms with Crippen molar-refractivity contribution in [2.45, 2.75) is 71.3 Å². The Hall–Kier alpha value is -0.300. The van der Waals surface area contributed by atoms with E-state index in [1.54, 1.807) is 0 Å². The highest BCUT2D eigenvalue weighted by Gasteiger charge is 2.59. The second kappa shape index (κ2) is 3.85. The summed E-state index contributed by atoms with van der Waals surface area (Å²) in [6, 6.07) is 0.339. The molecule has 4 saturated carbocycles. The normalized spacial score (nSPS) is 51.4. The third-order valence-electron chi connectivity index (χ3n) is 5.91. The molecule has 0 saturated heterocycles. The van der Waals surface area contributed by atoms with Gasteiger partial charge in [0.2, 0.25) is 0 Å². The van der Waals surface area contributed by atoms with E-state index in [0.29, 0.717) is 22.3 Å². The summed E-state index contributed by atoms with van der Waals surface area (Å²) < 4.78 is 0. The minimum atomic E-state index is 0.339. The van der Waals surface area contributed by atoms with Crippen LogP contribution in [-0.4, -0.2) is 6.04 Å². The van der Waals surface area contributed by atoms with Gasteiger partial charge in [0.05, 0.1) is 0 Å². The lowest BCUT2D eigenvalue weighted by molar-refractivity contribution is -0.149. The zero-order valence-corrected chi connectivity index (χ0v) is 12.2. The Bertz CT molecular complexity index is 341. The first-order valence-electron chi connectivity index (χ1n) is 7.73. The number of rotatable bonds is 4. The van der Waals surface area contributed by atoms with Gasteiger partial charge >= 0.3 is 0 Å². The lowest BCUT2D eigenvalue weighted by Crippen LogP contribution is -2.56. The summed E-state index contributed by atoms with van der Waals surface area (Å²) in [5.41, 5.74) is 8.15. The van der Waals surface area contributed by atoms with Gasteiger partial charge < -0.3 is 5.73 Å². The fourth-order valence-electron chi connectivity index (χ4n) is 6.77. The van der Waals surface area contributed by atoms with Crippen molar-refractivity contribution in [2.24, 2.45) is 27.9 Å². The summed E-state index contributed by atoms with van der Waals surface area (Å²) in [7, 11) is 0. The molecule has 0 heterocycles. The Morgan fingerprint density at radius 2 is 1.78 bits per heavy atom. The monoisotopic (exact) mass is 247 g/mol. The average molecular weight is 247 g/mol. The number of nitrogens with two attached hydrogens (primary N) is 1. The van der Waals surface area contributed by atoms with Gasteiger partial charge in [-0.15, -0.1) is 6.58 Å². The highest BCUT2D eigenvalue weighted by molar-refractivity contribution is 5.11. The molecule has 4 rings (SSSR count). The van der Waals surface area contributed by atoms with Crippen LogP contribution in [0.25, 0.3) is 0 Å². The van der Waals surface area contributed by atoms with E-state index in [1.165, 1.54) is 44.9 Å². The summed E-state index contributed by atoms with van der Waals surface area (Å²) >= 11 is 0. The van der Waals surface area contributed by atoms with Crippen LogP contribution in [0.5, 0.6) is 0 Å². The summed E-state index contributed by atoms with van der Waals surface area (Å²) in [6.07, 6.45) is 13.0. The van der Waals surface area contributed by atoms with Crippen LogP contribution < -0.4 is 5.73 Å². The molecule has 0 spiro atoms. The molecule has 4 aliphatic carbocycles. The Morgan fingerprint density at radius 1 is 1.17 bits per heavy atom. The van der Waals surface area contributed by atoms with Crippen molar-refractivity contribution in [1.29, 1.82) is 0 Å². The van der Waals surface area contributed by atoms with Crippen molar-refractivity contribution >= 4 is 0 Å². The first kappa shape index (κ1) is 12.7. The van der Waals surface area contributed by atoms with E-state index >= 15 is 0 Å². The van der Waals surface area contributed by atoms with E-state index in [-0.39, 0.29) is 0 Å².